The first-order chi connectivity index (χ1) is 14.7. The SMILES string of the molecule is CCOC(=O)c1cc(C#N)c(SCC(=O)N2CCN(C3CCS(=O)(=O)C3)CC2)nc1C. The fraction of sp³-hybridized carbons (Fsp3) is 0.600. The Kier molecular flexibility index (Phi) is 7.56. The minimum absolute atomic E-state index is 0.0542. The number of sulfone groups is 1. The number of carbonyl (C=O) groups excluding carboxylic acids is 2. The van der Waals surface area contributed by atoms with Crippen molar-refractivity contribution < 1.29 is 22.7 Å². The van der Waals surface area contributed by atoms with Crippen LogP contribution >= 0.6 is 11.8 Å². The zero-order valence-corrected chi connectivity index (χ0v) is 19.3. The number of hydrogen-bond acceptors (Lipinski definition) is 9. The summed E-state index contributed by atoms with van der Waals surface area (Å²) in [5, 5.41) is 9.84. The number of piperazine rings is 1. The van der Waals surface area contributed by atoms with Gasteiger partial charge in [0.05, 0.1) is 40.7 Å². The molecule has 1 aromatic heterocycles. The summed E-state index contributed by atoms with van der Waals surface area (Å²) in [6, 6.07) is 3.55. The highest BCUT2D eigenvalue weighted by Crippen LogP contribution is 2.24. The number of ether oxygens (including phenoxy) is 1. The number of esters is 1. The van der Waals surface area contributed by atoms with Crippen LogP contribution in [0.15, 0.2) is 11.1 Å². The molecule has 1 amide bonds. The Morgan fingerprint density at radius 2 is 2.03 bits per heavy atom. The molecule has 2 aliphatic rings. The molecule has 3 rings (SSSR count). The number of aryl methyl sites for hydroxylation is 1. The van der Waals surface area contributed by atoms with Gasteiger partial charge in [0.25, 0.3) is 0 Å². The largest absolute Gasteiger partial charge is 0.462 e. The lowest BCUT2D eigenvalue weighted by atomic mass is 10.1. The van der Waals surface area contributed by atoms with Crippen molar-refractivity contribution in [2.45, 2.75) is 31.3 Å². The van der Waals surface area contributed by atoms with Gasteiger partial charge >= 0.3 is 5.97 Å². The average molecular weight is 467 g/mol. The number of amides is 1. The van der Waals surface area contributed by atoms with E-state index in [1.54, 1.807) is 18.7 Å². The standard InChI is InChI=1S/C20H26N4O5S2/c1-3-29-20(26)17-10-15(11-21)19(22-14(17)2)30-12-18(25)24-7-5-23(6-8-24)16-4-9-31(27,28)13-16/h10,16H,3-9,12-13H2,1-2H3. The van der Waals surface area contributed by atoms with E-state index in [9.17, 15) is 23.3 Å². The van der Waals surface area contributed by atoms with Crippen molar-refractivity contribution in [3.8, 4) is 6.07 Å². The maximum atomic E-state index is 12.7. The van der Waals surface area contributed by atoms with Crippen LogP contribution in [0.25, 0.3) is 0 Å². The summed E-state index contributed by atoms with van der Waals surface area (Å²) >= 11 is 1.18. The molecule has 2 fully saturated rings. The Morgan fingerprint density at radius 3 is 2.61 bits per heavy atom. The number of hydrogen-bond donors (Lipinski definition) is 0. The van der Waals surface area contributed by atoms with Crippen molar-refractivity contribution >= 4 is 33.5 Å². The monoisotopic (exact) mass is 466 g/mol. The lowest BCUT2D eigenvalue weighted by Gasteiger charge is -2.37. The third-order valence-corrected chi connectivity index (χ3v) is 8.24. The molecule has 11 heteroatoms. The van der Waals surface area contributed by atoms with Gasteiger partial charge in [0, 0.05) is 32.2 Å². The van der Waals surface area contributed by atoms with Gasteiger partial charge in [-0.1, -0.05) is 11.8 Å². The zero-order chi connectivity index (χ0) is 22.6. The van der Waals surface area contributed by atoms with Crippen LogP contribution in [0.4, 0.5) is 0 Å². The molecule has 0 saturated carbocycles. The number of aromatic nitrogens is 1. The van der Waals surface area contributed by atoms with Crippen molar-refractivity contribution in [2.24, 2.45) is 0 Å². The molecule has 31 heavy (non-hydrogen) atoms. The molecule has 168 valence electrons. The third-order valence-electron chi connectivity index (χ3n) is 5.52. The van der Waals surface area contributed by atoms with Crippen molar-refractivity contribution in [3.05, 3.63) is 22.9 Å². The molecule has 9 nitrogen and oxygen atoms in total. The van der Waals surface area contributed by atoms with E-state index in [0.29, 0.717) is 43.3 Å². The predicted octanol–water partition coefficient (Wildman–Crippen LogP) is 0.862. The van der Waals surface area contributed by atoms with Crippen LogP contribution < -0.4 is 0 Å². The molecule has 0 aromatic carbocycles. The second kappa shape index (κ2) is 9.97. The van der Waals surface area contributed by atoms with E-state index in [1.807, 2.05) is 6.07 Å². The first kappa shape index (κ1) is 23.5. The van der Waals surface area contributed by atoms with E-state index in [-0.39, 0.29) is 46.9 Å². The molecule has 0 radical (unpaired) electrons. The molecule has 0 N–H and O–H groups in total. The maximum Gasteiger partial charge on any atom is 0.340 e. The van der Waals surface area contributed by atoms with Gasteiger partial charge in [-0.15, -0.1) is 0 Å². The molecule has 1 unspecified atom stereocenters. The van der Waals surface area contributed by atoms with Gasteiger partial charge in [0.15, 0.2) is 9.84 Å². The number of thioether (sulfide) groups is 1. The second-order valence-electron chi connectivity index (χ2n) is 7.57. The number of nitriles is 1. The molecule has 0 spiro atoms. The topological polar surface area (TPSA) is 121 Å². The Bertz CT molecular complexity index is 998. The van der Waals surface area contributed by atoms with Crippen molar-refractivity contribution in [1.82, 2.24) is 14.8 Å². The number of nitrogens with zero attached hydrogens (tertiary/aromatic N) is 4. The highest BCUT2D eigenvalue weighted by Gasteiger charge is 2.34. The van der Waals surface area contributed by atoms with Gasteiger partial charge in [-0.25, -0.2) is 18.2 Å². The fourth-order valence-electron chi connectivity index (χ4n) is 3.81. The molecule has 2 saturated heterocycles. The Hall–Kier alpha value is -2.16. The molecule has 1 atom stereocenters. The maximum absolute atomic E-state index is 12.7. The van der Waals surface area contributed by atoms with Crippen molar-refractivity contribution in [3.63, 3.8) is 0 Å². The first-order valence-electron chi connectivity index (χ1n) is 10.2. The van der Waals surface area contributed by atoms with Crippen LogP contribution in [0, 0.1) is 18.3 Å². The van der Waals surface area contributed by atoms with E-state index in [0.717, 1.165) is 0 Å². The lowest BCUT2D eigenvalue weighted by Crippen LogP contribution is -2.52. The molecule has 2 aliphatic heterocycles. The van der Waals surface area contributed by atoms with Crippen LogP contribution in [0.5, 0.6) is 0 Å². The van der Waals surface area contributed by atoms with E-state index in [1.165, 1.54) is 17.8 Å². The van der Waals surface area contributed by atoms with E-state index < -0.39 is 15.8 Å². The summed E-state index contributed by atoms with van der Waals surface area (Å²) in [6.07, 6.45) is 0.663. The normalized spacial score (nSPS) is 20.9. The fourth-order valence-corrected chi connectivity index (χ4v) is 6.48. The zero-order valence-electron chi connectivity index (χ0n) is 17.7. The van der Waals surface area contributed by atoms with Crippen LogP contribution in [-0.2, 0) is 19.4 Å². The smallest absolute Gasteiger partial charge is 0.340 e. The number of pyridine rings is 1. The van der Waals surface area contributed by atoms with Crippen LogP contribution in [0.3, 0.4) is 0 Å². The Balaban J connectivity index is 1.56. The van der Waals surface area contributed by atoms with Gasteiger partial charge in [0.1, 0.15) is 11.1 Å². The Morgan fingerprint density at radius 1 is 1.32 bits per heavy atom. The summed E-state index contributed by atoms with van der Waals surface area (Å²) in [5.74, 6) is 0.0138. The highest BCUT2D eigenvalue weighted by molar-refractivity contribution is 8.00. The quantitative estimate of drug-likeness (QED) is 0.444. The summed E-state index contributed by atoms with van der Waals surface area (Å²) in [5.41, 5.74) is 0.936. The predicted molar refractivity (Wildman–Crippen MR) is 116 cm³/mol. The molecule has 0 aliphatic carbocycles. The minimum atomic E-state index is -2.92. The highest BCUT2D eigenvalue weighted by atomic mass is 32.2. The Labute approximate surface area is 186 Å². The van der Waals surface area contributed by atoms with Crippen molar-refractivity contribution in [1.29, 1.82) is 5.26 Å². The van der Waals surface area contributed by atoms with Crippen LogP contribution in [0.1, 0.15) is 35.0 Å². The van der Waals surface area contributed by atoms with E-state index >= 15 is 0 Å². The van der Waals surface area contributed by atoms with Gasteiger partial charge in [-0.05, 0) is 26.3 Å². The van der Waals surface area contributed by atoms with Crippen molar-refractivity contribution in [2.75, 3.05) is 50.0 Å². The molecule has 3 heterocycles. The summed E-state index contributed by atoms with van der Waals surface area (Å²) in [4.78, 5) is 32.9. The van der Waals surface area contributed by atoms with Crippen LogP contribution in [-0.4, -0.2) is 91.2 Å². The van der Waals surface area contributed by atoms with Gasteiger partial charge in [-0.3, -0.25) is 9.69 Å². The average Bonchev–Trinajstić information content (AvgIpc) is 3.12. The summed E-state index contributed by atoms with van der Waals surface area (Å²) in [7, 11) is -2.92. The van der Waals surface area contributed by atoms with E-state index in [2.05, 4.69) is 9.88 Å². The molecular formula is C20H26N4O5S2. The second-order valence-corrected chi connectivity index (χ2v) is 10.8. The molecular weight excluding hydrogens is 440 g/mol. The van der Waals surface area contributed by atoms with Gasteiger partial charge in [-0.2, -0.15) is 5.26 Å². The van der Waals surface area contributed by atoms with E-state index in [4.69, 9.17) is 4.74 Å². The molecule has 1 aromatic rings. The van der Waals surface area contributed by atoms with Crippen LogP contribution in [0.2, 0.25) is 0 Å². The lowest BCUT2D eigenvalue weighted by molar-refractivity contribution is -0.130. The van der Waals surface area contributed by atoms with Gasteiger partial charge < -0.3 is 9.64 Å². The first-order valence-corrected chi connectivity index (χ1v) is 13.0. The summed E-state index contributed by atoms with van der Waals surface area (Å²) < 4.78 is 28.4. The number of rotatable bonds is 6. The van der Waals surface area contributed by atoms with Gasteiger partial charge in [0.2, 0.25) is 5.91 Å². The minimum Gasteiger partial charge on any atom is -0.462 e. The molecule has 0 bridgehead atoms. The summed E-state index contributed by atoms with van der Waals surface area (Å²) in [6.45, 7) is 6.02. The third kappa shape index (κ3) is 5.75. The number of carbonyl (C=O) groups is 2.